The number of sulfone groups is 1. The van der Waals surface area contributed by atoms with E-state index in [9.17, 15) is 26.4 Å². The van der Waals surface area contributed by atoms with Crippen molar-refractivity contribution in [2.75, 3.05) is 11.1 Å². The van der Waals surface area contributed by atoms with Crippen LogP contribution in [0.2, 0.25) is 0 Å². The Hall–Kier alpha value is -2.80. The molecule has 1 atom stereocenters. The second kappa shape index (κ2) is 7.44. The van der Waals surface area contributed by atoms with Gasteiger partial charge in [-0.1, -0.05) is 13.0 Å². The molecule has 0 radical (unpaired) electrons. The number of nitriles is 1. The first-order valence-electron chi connectivity index (χ1n) is 7.71. The number of aryl methyl sites for hydroxylation is 1. The molecule has 1 N–H and O–H groups in total. The van der Waals surface area contributed by atoms with Crippen LogP contribution in [0.3, 0.4) is 0 Å². The third kappa shape index (κ3) is 4.89. The molecule has 0 bridgehead atoms. The Bertz CT molecular complexity index is 1000. The minimum Gasteiger partial charge on any atom is -0.345 e. The SMILES string of the molecule is C[C@H](CS(=O)(=O)c1cc(C(=O)Nc2cccc(C#N)c2)n(C)c1)C(F)(F)F. The van der Waals surface area contributed by atoms with E-state index in [4.69, 9.17) is 5.26 Å². The van der Waals surface area contributed by atoms with Crippen molar-refractivity contribution in [1.82, 2.24) is 4.57 Å². The summed E-state index contributed by atoms with van der Waals surface area (Å²) in [6.45, 7) is 0.788. The minimum absolute atomic E-state index is 0.0457. The first-order valence-corrected chi connectivity index (χ1v) is 9.36. The van der Waals surface area contributed by atoms with Gasteiger partial charge in [0.2, 0.25) is 0 Å². The second-order valence-electron chi connectivity index (χ2n) is 6.04. The van der Waals surface area contributed by atoms with E-state index in [0.717, 1.165) is 19.2 Å². The highest BCUT2D eigenvalue weighted by molar-refractivity contribution is 7.91. The van der Waals surface area contributed by atoms with E-state index in [0.29, 0.717) is 11.3 Å². The number of anilines is 1. The average molecular weight is 399 g/mol. The Kier molecular flexibility index (Phi) is 5.65. The van der Waals surface area contributed by atoms with E-state index in [-0.39, 0.29) is 10.6 Å². The summed E-state index contributed by atoms with van der Waals surface area (Å²) in [5, 5.41) is 11.4. The number of rotatable bonds is 5. The molecule has 10 heteroatoms. The number of carbonyl (C=O) groups excluding carboxylic acids is 1. The molecule has 0 aliphatic rings. The van der Waals surface area contributed by atoms with Crippen LogP contribution in [0.25, 0.3) is 0 Å². The van der Waals surface area contributed by atoms with Gasteiger partial charge in [0.05, 0.1) is 28.2 Å². The van der Waals surface area contributed by atoms with Crippen LogP contribution in [-0.4, -0.2) is 30.8 Å². The van der Waals surface area contributed by atoms with E-state index >= 15 is 0 Å². The third-order valence-corrected chi connectivity index (χ3v) is 5.73. The fourth-order valence-corrected chi connectivity index (χ4v) is 3.96. The summed E-state index contributed by atoms with van der Waals surface area (Å²) in [6.07, 6.45) is -3.53. The molecular formula is C17H16F3N3O3S. The maximum absolute atomic E-state index is 12.7. The predicted molar refractivity (Wildman–Crippen MR) is 91.8 cm³/mol. The lowest BCUT2D eigenvalue weighted by molar-refractivity contribution is -0.163. The number of amides is 1. The monoisotopic (exact) mass is 399 g/mol. The minimum atomic E-state index is -4.63. The van der Waals surface area contributed by atoms with E-state index < -0.39 is 33.6 Å². The summed E-state index contributed by atoms with van der Waals surface area (Å²) in [5.41, 5.74) is 0.607. The molecule has 0 unspecified atom stereocenters. The molecule has 0 saturated heterocycles. The highest BCUT2D eigenvalue weighted by Crippen LogP contribution is 2.29. The van der Waals surface area contributed by atoms with Gasteiger partial charge in [0.25, 0.3) is 5.91 Å². The molecular weight excluding hydrogens is 383 g/mol. The summed E-state index contributed by atoms with van der Waals surface area (Å²) in [7, 11) is -2.82. The molecule has 0 saturated carbocycles. The molecule has 6 nitrogen and oxygen atoms in total. The van der Waals surface area contributed by atoms with Crippen LogP contribution in [0.4, 0.5) is 18.9 Å². The summed E-state index contributed by atoms with van der Waals surface area (Å²) in [6, 6.07) is 9.04. The molecule has 1 amide bonds. The lowest BCUT2D eigenvalue weighted by Crippen LogP contribution is -2.27. The highest BCUT2D eigenvalue weighted by Gasteiger charge is 2.39. The molecule has 0 fully saturated rings. The van der Waals surface area contributed by atoms with Gasteiger partial charge in [-0.15, -0.1) is 0 Å². The van der Waals surface area contributed by atoms with Crippen molar-refractivity contribution >= 4 is 21.4 Å². The van der Waals surface area contributed by atoms with Crippen molar-refractivity contribution in [3.63, 3.8) is 0 Å². The van der Waals surface area contributed by atoms with Gasteiger partial charge in [-0.3, -0.25) is 4.79 Å². The maximum Gasteiger partial charge on any atom is 0.392 e. The fourth-order valence-electron chi connectivity index (χ4n) is 2.31. The van der Waals surface area contributed by atoms with Crippen LogP contribution in [0.15, 0.2) is 41.4 Å². The summed E-state index contributed by atoms with van der Waals surface area (Å²) in [5.74, 6) is -3.79. The third-order valence-electron chi connectivity index (χ3n) is 3.85. The lowest BCUT2D eigenvalue weighted by atomic mass is 10.2. The largest absolute Gasteiger partial charge is 0.392 e. The molecule has 2 rings (SSSR count). The first kappa shape index (κ1) is 20.5. The van der Waals surface area contributed by atoms with Crippen molar-refractivity contribution in [2.24, 2.45) is 13.0 Å². The zero-order chi connectivity index (χ0) is 20.4. The number of carbonyl (C=O) groups is 1. The number of alkyl halides is 3. The van der Waals surface area contributed by atoms with Gasteiger partial charge >= 0.3 is 6.18 Å². The smallest absolute Gasteiger partial charge is 0.345 e. The Morgan fingerprint density at radius 1 is 1.33 bits per heavy atom. The maximum atomic E-state index is 12.7. The topological polar surface area (TPSA) is 92.0 Å². The quantitative estimate of drug-likeness (QED) is 0.836. The van der Waals surface area contributed by atoms with Crippen molar-refractivity contribution in [3.05, 3.63) is 47.8 Å². The van der Waals surface area contributed by atoms with Crippen LogP contribution in [0, 0.1) is 17.2 Å². The van der Waals surface area contributed by atoms with E-state index in [1.54, 1.807) is 18.2 Å². The molecule has 27 heavy (non-hydrogen) atoms. The normalized spacial score (nSPS) is 13.0. The number of halogens is 3. The molecule has 1 aromatic heterocycles. The Labute approximate surface area is 154 Å². The Morgan fingerprint density at radius 3 is 2.59 bits per heavy atom. The zero-order valence-electron chi connectivity index (χ0n) is 14.4. The number of benzene rings is 1. The number of nitrogens with one attached hydrogen (secondary N) is 1. The Morgan fingerprint density at radius 2 is 2.00 bits per heavy atom. The summed E-state index contributed by atoms with van der Waals surface area (Å²) < 4.78 is 63.7. The average Bonchev–Trinajstić information content (AvgIpc) is 2.96. The van der Waals surface area contributed by atoms with Crippen LogP contribution in [-0.2, 0) is 16.9 Å². The van der Waals surface area contributed by atoms with Gasteiger partial charge in [-0.25, -0.2) is 8.42 Å². The van der Waals surface area contributed by atoms with Gasteiger partial charge < -0.3 is 9.88 Å². The van der Waals surface area contributed by atoms with Crippen molar-refractivity contribution in [2.45, 2.75) is 18.0 Å². The molecule has 0 aliphatic heterocycles. The summed E-state index contributed by atoms with van der Waals surface area (Å²) in [4.78, 5) is 12.0. The highest BCUT2D eigenvalue weighted by atomic mass is 32.2. The molecule has 2 aromatic rings. The van der Waals surface area contributed by atoms with Gasteiger partial charge in [-0.05, 0) is 24.3 Å². The van der Waals surface area contributed by atoms with Crippen LogP contribution in [0.5, 0.6) is 0 Å². The van der Waals surface area contributed by atoms with E-state index in [2.05, 4.69) is 5.32 Å². The van der Waals surface area contributed by atoms with Gasteiger partial charge in [0.15, 0.2) is 9.84 Å². The van der Waals surface area contributed by atoms with Crippen LogP contribution >= 0.6 is 0 Å². The molecule has 144 valence electrons. The lowest BCUT2D eigenvalue weighted by Gasteiger charge is -2.14. The van der Waals surface area contributed by atoms with Crippen LogP contribution < -0.4 is 5.32 Å². The molecule has 0 aliphatic carbocycles. The molecule has 0 spiro atoms. The molecule has 1 aromatic carbocycles. The van der Waals surface area contributed by atoms with Gasteiger partial charge in [0, 0.05) is 18.9 Å². The predicted octanol–water partition coefficient (Wildman–Crippen LogP) is 3.12. The van der Waals surface area contributed by atoms with E-state index in [1.165, 1.54) is 17.7 Å². The Balaban J connectivity index is 2.25. The van der Waals surface area contributed by atoms with Gasteiger partial charge in [-0.2, -0.15) is 18.4 Å². The first-order chi connectivity index (χ1) is 12.4. The second-order valence-corrected chi connectivity index (χ2v) is 8.08. The van der Waals surface area contributed by atoms with E-state index in [1.807, 2.05) is 6.07 Å². The number of nitrogens with zero attached hydrogens (tertiary/aromatic N) is 2. The number of aromatic nitrogens is 1. The zero-order valence-corrected chi connectivity index (χ0v) is 15.2. The van der Waals surface area contributed by atoms with Crippen LogP contribution in [0.1, 0.15) is 23.0 Å². The summed E-state index contributed by atoms with van der Waals surface area (Å²) >= 11 is 0. The fraction of sp³-hybridized carbons (Fsp3) is 0.294. The molecule has 1 heterocycles. The van der Waals surface area contributed by atoms with Crippen molar-refractivity contribution in [1.29, 1.82) is 5.26 Å². The standard InChI is InChI=1S/C17H16F3N3O3S/c1-11(17(18,19)20)10-27(25,26)14-7-15(23(2)9-14)16(24)22-13-5-3-4-12(6-13)8-21/h3-7,9,11H,10H2,1-2H3,(H,22,24)/t11-/m1/s1. The van der Waals surface area contributed by atoms with Crippen molar-refractivity contribution < 1.29 is 26.4 Å². The number of hydrogen-bond donors (Lipinski definition) is 1. The number of hydrogen-bond acceptors (Lipinski definition) is 4. The van der Waals surface area contributed by atoms with Crippen molar-refractivity contribution in [3.8, 4) is 6.07 Å². The van der Waals surface area contributed by atoms with Gasteiger partial charge in [0.1, 0.15) is 5.69 Å².